The molecular weight excluding hydrogens is 226 g/mol. The fourth-order valence-corrected chi connectivity index (χ4v) is 1.18. The average molecular weight is 241 g/mol. The van der Waals surface area contributed by atoms with Gasteiger partial charge in [0.25, 0.3) is 0 Å². The Bertz CT molecular complexity index is 380. The van der Waals surface area contributed by atoms with E-state index in [0.29, 0.717) is 24.7 Å². The minimum atomic E-state index is -0.995. The number of aromatic hydroxyl groups is 1. The van der Waals surface area contributed by atoms with Crippen molar-refractivity contribution in [3.8, 4) is 17.2 Å². The molecule has 0 radical (unpaired) electrons. The van der Waals surface area contributed by atoms with E-state index < -0.39 is 6.09 Å². The summed E-state index contributed by atoms with van der Waals surface area (Å²) in [6.45, 7) is 1.25. The predicted octanol–water partition coefficient (Wildman–Crippen LogP) is 1.44. The zero-order valence-corrected chi connectivity index (χ0v) is 9.47. The van der Waals surface area contributed by atoms with Crippen LogP contribution in [0.4, 0.5) is 4.79 Å². The molecule has 1 aromatic carbocycles. The van der Waals surface area contributed by atoms with E-state index in [4.69, 9.17) is 14.6 Å². The van der Waals surface area contributed by atoms with E-state index in [0.717, 1.165) is 6.42 Å². The van der Waals surface area contributed by atoms with E-state index in [1.807, 2.05) is 5.32 Å². The molecule has 1 amide bonds. The van der Waals surface area contributed by atoms with Gasteiger partial charge in [-0.15, -0.1) is 0 Å². The topological polar surface area (TPSA) is 88.0 Å². The third-order valence-electron chi connectivity index (χ3n) is 1.96. The van der Waals surface area contributed by atoms with Gasteiger partial charge < -0.3 is 25.0 Å². The first-order valence-electron chi connectivity index (χ1n) is 5.13. The number of ether oxygens (including phenoxy) is 2. The van der Waals surface area contributed by atoms with Gasteiger partial charge >= 0.3 is 6.09 Å². The Morgan fingerprint density at radius 2 is 2.00 bits per heavy atom. The fraction of sp³-hybridized carbons (Fsp3) is 0.364. The molecule has 3 N–H and O–H groups in total. The summed E-state index contributed by atoms with van der Waals surface area (Å²) in [7, 11) is 1.35. The van der Waals surface area contributed by atoms with E-state index >= 15 is 0 Å². The van der Waals surface area contributed by atoms with Gasteiger partial charge in [-0.25, -0.2) is 4.79 Å². The molecule has 1 heterocycles. The normalized spacial score (nSPS) is 12.8. The van der Waals surface area contributed by atoms with E-state index in [9.17, 15) is 9.90 Å². The second kappa shape index (κ2) is 6.47. The Labute approximate surface area is 98.8 Å². The number of fused-ring (bicyclic) bond motifs is 1. The smallest absolute Gasteiger partial charge is 0.404 e. The summed E-state index contributed by atoms with van der Waals surface area (Å²) < 4.78 is 10.6. The fourth-order valence-electron chi connectivity index (χ4n) is 1.18. The SMILES string of the molecule is CNC(=O)O.Oc1cccc2c1OCCCO2. The molecular formula is C11H15NO5. The molecule has 0 unspecified atom stereocenters. The number of para-hydroxylation sites is 1. The maximum Gasteiger partial charge on any atom is 0.404 e. The Morgan fingerprint density at radius 1 is 1.35 bits per heavy atom. The Morgan fingerprint density at radius 3 is 2.65 bits per heavy atom. The number of rotatable bonds is 0. The largest absolute Gasteiger partial charge is 0.504 e. The number of hydrogen-bond donors (Lipinski definition) is 3. The van der Waals surface area contributed by atoms with Crippen molar-refractivity contribution in [2.45, 2.75) is 6.42 Å². The van der Waals surface area contributed by atoms with E-state index in [2.05, 4.69) is 0 Å². The van der Waals surface area contributed by atoms with Gasteiger partial charge in [0, 0.05) is 13.5 Å². The van der Waals surface area contributed by atoms with Crippen LogP contribution in [0.5, 0.6) is 17.2 Å². The first-order valence-corrected chi connectivity index (χ1v) is 5.13. The van der Waals surface area contributed by atoms with Crippen molar-refractivity contribution in [1.82, 2.24) is 5.32 Å². The standard InChI is InChI=1S/C9H10O3.C2H5NO2/c10-7-3-1-4-8-9(7)12-6-2-5-11-8;1-3-2(4)5/h1,3-4,10H,2,5-6H2;3H,1H3,(H,4,5). The van der Waals surface area contributed by atoms with Crippen LogP contribution in [0.25, 0.3) is 0 Å². The maximum atomic E-state index is 9.38. The molecule has 6 nitrogen and oxygen atoms in total. The van der Waals surface area contributed by atoms with Crippen LogP contribution in [-0.4, -0.2) is 36.6 Å². The maximum absolute atomic E-state index is 9.38. The zero-order chi connectivity index (χ0) is 12.7. The molecule has 17 heavy (non-hydrogen) atoms. The lowest BCUT2D eigenvalue weighted by Crippen LogP contribution is -2.13. The van der Waals surface area contributed by atoms with Gasteiger partial charge in [-0.3, -0.25) is 0 Å². The van der Waals surface area contributed by atoms with Gasteiger partial charge in [0.1, 0.15) is 0 Å². The molecule has 6 heteroatoms. The molecule has 94 valence electrons. The van der Waals surface area contributed by atoms with Crippen molar-refractivity contribution in [3.63, 3.8) is 0 Å². The van der Waals surface area contributed by atoms with Crippen LogP contribution in [0.3, 0.4) is 0 Å². The van der Waals surface area contributed by atoms with E-state index in [1.165, 1.54) is 7.05 Å². The average Bonchev–Trinajstić information content (AvgIpc) is 2.56. The lowest BCUT2D eigenvalue weighted by molar-refractivity contribution is 0.197. The molecule has 0 aromatic heterocycles. The number of carbonyl (C=O) groups is 1. The van der Waals surface area contributed by atoms with Gasteiger partial charge in [-0.05, 0) is 12.1 Å². The van der Waals surface area contributed by atoms with Crippen molar-refractivity contribution < 1.29 is 24.5 Å². The van der Waals surface area contributed by atoms with Crippen molar-refractivity contribution >= 4 is 6.09 Å². The second-order valence-electron chi connectivity index (χ2n) is 3.21. The van der Waals surface area contributed by atoms with Crippen LogP contribution in [0.15, 0.2) is 18.2 Å². The minimum absolute atomic E-state index is 0.148. The van der Waals surface area contributed by atoms with Crippen LogP contribution in [0, 0.1) is 0 Å². The van der Waals surface area contributed by atoms with Crippen molar-refractivity contribution in [3.05, 3.63) is 18.2 Å². The molecule has 0 saturated carbocycles. The number of phenolic OH excluding ortho intramolecular Hbond substituents is 1. The van der Waals surface area contributed by atoms with Crippen molar-refractivity contribution in [2.24, 2.45) is 0 Å². The van der Waals surface area contributed by atoms with Crippen LogP contribution >= 0.6 is 0 Å². The number of phenols is 1. The van der Waals surface area contributed by atoms with Gasteiger partial charge in [0.15, 0.2) is 11.5 Å². The number of nitrogens with one attached hydrogen (secondary N) is 1. The number of benzene rings is 1. The molecule has 0 fully saturated rings. The summed E-state index contributed by atoms with van der Waals surface area (Å²) >= 11 is 0. The van der Waals surface area contributed by atoms with Crippen molar-refractivity contribution in [1.29, 1.82) is 0 Å². The van der Waals surface area contributed by atoms with Crippen LogP contribution in [0.2, 0.25) is 0 Å². The summed E-state index contributed by atoms with van der Waals surface area (Å²) in [5.74, 6) is 1.25. The molecule has 1 aliphatic rings. The molecule has 0 atom stereocenters. The van der Waals surface area contributed by atoms with Gasteiger partial charge in [0.05, 0.1) is 13.2 Å². The zero-order valence-electron chi connectivity index (χ0n) is 9.47. The summed E-state index contributed by atoms with van der Waals surface area (Å²) in [5, 5.41) is 18.9. The van der Waals surface area contributed by atoms with Crippen LogP contribution < -0.4 is 14.8 Å². The second-order valence-corrected chi connectivity index (χ2v) is 3.21. The van der Waals surface area contributed by atoms with Crippen molar-refractivity contribution in [2.75, 3.05) is 20.3 Å². The third kappa shape index (κ3) is 4.10. The summed E-state index contributed by atoms with van der Waals surface area (Å²) in [6, 6.07) is 5.12. The number of amides is 1. The predicted molar refractivity (Wildman–Crippen MR) is 60.8 cm³/mol. The molecule has 0 aliphatic carbocycles. The summed E-state index contributed by atoms with van der Waals surface area (Å²) in [5.41, 5.74) is 0. The summed E-state index contributed by atoms with van der Waals surface area (Å²) in [6.07, 6.45) is -0.140. The minimum Gasteiger partial charge on any atom is -0.504 e. The monoisotopic (exact) mass is 241 g/mol. The third-order valence-corrected chi connectivity index (χ3v) is 1.96. The van der Waals surface area contributed by atoms with E-state index in [-0.39, 0.29) is 5.75 Å². The van der Waals surface area contributed by atoms with Gasteiger partial charge in [-0.1, -0.05) is 6.07 Å². The van der Waals surface area contributed by atoms with Crippen LogP contribution in [0.1, 0.15) is 6.42 Å². The first kappa shape index (κ1) is 13.0. The molecule has 1 aliphatic heterocycles. The molecule has 0 saturated heterocycles. The highest BCUT2D eigenvalue weighted by atomic mass is 16.5. The molecule has 1 aromatic rings. The molecule has 0 bridgehead atoms. The lowest BCUT2D eigenvalue weighted by Gasteiger charge is -2.07. The highest BCUT2D eigenvalue weighted by Crippen LogP contribution is 2.37. The number of hydrogen-bond acceptors (Lipinski definition) is 4. The van der Waals surface area contributed by atoms with Crippen LogP contribution in [-0.2, 0) is 0 Å². The summed E-state index contributed by atoms with van der Waals surface area (Å²) in [4.78, 5) is 9.26. The van der Waals surface area contributed by atoms with Gasteiger partial charge in [-0.2, -0.15) is 0 Å². The highest BCUT2D eigenvalue weighted by molar-refractivity contribution is 5.63. The molecule has 2 rings (SSSR count). The lowest BCUT2D eigenvalue weighted by atomic mass is 10.3. The Hall–Kier alpha value is -2.11. The Balaban J connectivity index is 0.000000249. The quantitative estimate of drug-likeness (QED) is 0.639. The Kier molecular flexibility index (Phi) is 4.93. The molecule has 0 spiro atoms. The first-order chi connectivity index (χ1) is 8.15. The van der Waals surface area contributed by atoms with Gasteiger partial charge in [0.2, 0.25) is 5.75 Å². The van der Waals surface area contributed by atoms with E-state index in [1.54, 1.807) is 18.2 Å². The highest BCUT2D eigenvalue weighted by Gasteiger charge is 2.12. The number of carboxylic acid groups (broad SMARTS) is 1.